The summed E-state index contributed by atoms with van der Waals surface area (Å²) in [6.07, 6.45) is 14.5. The third kappa shape index (κ3) is 9.91. The Morgan fingerprint density at radius 2 is 1.70 bits per heavy atom. The van der Waals surface area contributed by atoms with E-state index in [2.05, 4.69) is 51.4 Å². The van der Waals surface area contributed by atoms with Crippen molar-refractivity contribution in [1.29, 1.82) is 0 Å². The van der Waals surface area contributed by atoms with E-state index in [0.717, 1.165) is 133 Å². The van der Waals surface area contributed by atoms with E-state index in [9.17, 15) is 24.3 Å². The zero-order chi connectivity index (χ0) is 51.0. The van der Waals surface area contributed by atoms with Gasteiger partial charge in [-0.2, -0.15) is 5.10 Å². The quantitative estimate of drug-likeness (QED) is 0.100. The van der Waals surface area contributed by atoms with Crippen LogP contribution in [0.25, 0.3) is 28.1 Å². The molecule has 74 heavy (non-hydrogen) atoms. The van der Waals surface area contributed by atoms with Gasteiger partial charge in [0.25, 0.3) is 5.91 Å². The molecule has 5 aliphatic rings. The van der Waals surface area contributed by atoms with Gasteiger partial charge in [-0.15, -0.1) is 11.3 Å². The maximum absolute atomic E-state index is 13.7. The smallest absolute Gasteiger partial charge is 0.355 e. The first-order valence-corrected chi connectivity index (χ1v) is 27.1. The Morgan fingerprint density at radius 1 is 0.892 bits per heavy atom. The van der Waals surface area contributed by atoms with Crippen LogP contribution < -0.4 is 25.2 Å². The van der Waals surface area contributed by atoms with Gasteiger partial charge in [-0.05, 0) is 142 Å². The highest BCUT2D eigenvalue weighted by Gasteiger charge is 2.32. The molecule has 0 spiro atoms. The molecule has 3 aliphatic heterocycles. The Labute approximate surface area is 435 Å². The van der Waals surface area contributed by atoms with Crippen LogP contribution in [0.5, 0.6) is 5.75 Å². The van der Waals surface area contributed by atoms with Gasteiger partial charge in [-0.3, -0.25) is 24.4 Å². The second kappa shape index (κ2) is 20.9. The number of thiazole rings is 1. The van der Waals surface area contributed by atoms with E-state index in [0.29, 0.717) is 73.4 Å². The molecule has 382 valence electrons. The molecular formula is C58H63N9O6S. The van der Waals surface area contributed by atoms with Crippen LogP contribution in [-0.2, 0) is 36.0 Å². The number of hydrogen-bond donors (Lipinski definition) is 3. The van der Waals surface area contributed by atoms with Gasteiger partial charge in [0.1, 0.15) is 11.6 Å². The largest absolute Gasteiger partial charge is 0.490 e. The summed E-state index contributed by atoms with van der Waals surface area (Å²) in [7, 11) is 1.94. The molecule has 6 heterocycles. The van der Waals surface area contributed by atoms with E-state index in [1.54, 1.807) is 0 Å². The molecule has 3 N–H and O–H groups in total. The Morgan fingerprint density at radius 3 is 2.50 bits per heavy atom. The molecule has 3 aromatic carbocycles. The molecule has 1 atom stereocenters. The minimum absolute atomic E-state index is 0.0318. The second-order valence-electron chi connectivity index (χ2n) is 20.5. The molecule has 2 saturated heterocycles. The Kier molecular flexibility index (Phi) is 13.8. The topological polar surface area (TPSA) is 175 Å². The number of nitrogens with zero attached hydrogens (tertiary/aromatic N) is 7. The molecule has 11 rings (SSSR count). The molecule has 2 aliphatic carbocycles. The number of carboxylic acids is 1. The number of carboxylic acid groups (broad SMARTS) is 1. The van der Waals surface area contributed by atoms with Gasteiger partial charge in [0, 0.05) is 79.8 Å². The molecule has 3 amide bonds. The van der Waals surface area contributed by atoms with Gasteiger partial charge in [0.05, 0.1) is 34.6 Å². The fourth-order valence-electron chi connectivity index (χ4n) is 11.8. The summed E-state index contributed by atoms with van der Waals surface area (Å²) in [6.45, 7) is 9.77. The number of aromatic carboxylic acids is 1. The summed E-state index contributed by atoms with van der Waals surface area (Å²) < 4.78 is 8.56. The number of piperidine rings is 1. The number of ether oxygens (including phenoxy) is 1. The van der Waals surface area contributed by atoms with E-state index >= 15 is 0 Å². The molecule has 0 bridgehead atoms. The normalized spacial score (nSPS) is 19.8. The van der Waals surface area contributed by atoms with Crippen molar-refractivity contribution in [3.05, 3.63) is 129 Å². The first-order chi connectivity index (χ1) is 35.9. The number of carbonyl (C=O) groups excluding carboxylic acids is 3. The predicted molar refractivity (Wildman–Crippen MR) is 289 cm³/mol. The number of benzene rings is 3. The van der Waals surface area contributed by atoms with Crippen molar-refractivity contribution in [3.63, 3.8) is 0 Å². The van der Waals surface area contributed by atoms with Crippen LogP contribution in [0.3, 0.4) is 0 Å². The van der Waals surface area contributed by atoms with Crippen molar-refractivity contribution in [1.82, 2.24) is 30.0 Å². The summed E-state index contributed by atoms with van der Waals surface area (Å²) >= 11 is 1.52. The lowest BCUT2D eigenvalue weighted by atomic mass is 9.84. The van der Waals surface area contributed by atoms with E-state index in [1.807, 2.05) is 83.1 Å². The number of carbonyl (C=O) groups is 4. The van der Waals surface area contributed by atoms with Crippen LogP contribution in [0.1, 0.15) is 124 Å². The molecule has 16 heteroatoms. The van der Waals surface area contributed by atoms with E-state index in [4.69, 9.17) is 14.8 Å². The van der Waals surface area contributed by atoms with Gasteiger partial charge in [0.2, 0.25) is 11.8 Å². The monoisotopic (exact) mass is 1010 g/mol. The Hall–Kier alpha value is -7.33. The van der Waals surface area contributed by atoms with E-state index in [-0.39, 0.29) is 35.4 Å². The molecule has 1 saturated carbocycles. The Bertz CT molecular complexity index is 3220. The average molecular weight is 1010 g/mol. The van der Waals surface area contributed by atoms with Gasteiger partial charge >= 0.3 is 5.97 Å². The van der Waals surface area contributed by atoms with Gasteiger partial charge in [0.15, 0.2) is 10.8 Å². The number of allylic oxidation sites excluding steroid dienone is 2. The second-order valence-corrected chi connectivity index (χ2v) is 21.6. The number of pyridine rings is 1. The zero-order valence-corrected chi connectivity index (χ0v) is 43.0. The highest BCUT2D eigenvalue weighted by molar-refractivity contribution is 7.16. The number of hydrogen-bond acceptors (Lipinski definition) is 11. The molecule has 1 unspecified atom stereocenters. The van der Waals surface area contributed by atoms with Crippen molar-refractivity contribution < 1.29 is 29.0 Å². The van der Waals surface area contributed by atoms with Gasteiger partial charge in [-0.25, -0.2) is 14.8 Å². The summed E-state index contributed by atoms with van der Waals surface area (Å²) in [5.41, 5.74) is 9.28. The molecule has 0 radical (unpaired) electrons. The molecular weight excluding hydrogens is 951 g/mol. The number of anilines is 3. The van der Waals surface area contributed by atoms with E-state index < -0.39 is 5.97 Å². The number of para-hydroxylation sites is 1. The molecule has 6 aromatic rings. The number of nitrogens with one attached hydrogen (secondary N) is 2. The number of aromatic nitrogens is 4. The van der Waals surface area contributed by atoms with Crippen LogP contribution in [0.4, 0.5) is 16.6 Å². The molecule has 15 nitrogen and oxygen atoms in total. The minimum atomic E-state index is -1.11. The van der Waals surface area contributed by atoms with Crippen molar-refractivity contribution >= 4 is 68.6 Å². The first kappa shape index (κ1) is 48.9. The first-order valence-electron chi connectivity index (χ1n) is 26.3. The number of piperazine rings is 1. The summed E-state index contributed by atoms with van der Waals surface area (Å²) in [4.78, 5) is 69.9. The fourth-order valence-corrected chi connectivity index (χ4v) is 12.8. The number of rotatable bonds is 13. The predicted octanol–water partition coefficient (Wildman–Crippen LogP) is 9.84. The van der Waals surface area contributed by atoms with Gasteiger partial charge < -0.3 is 29.9 Å². The average Bonchev–Trinajstić information content (AvgIpc) is 3.99. The molecule has 3 aromatic heterocycles. The zero-order valence-electron chi connectivity index (χ0n) is 42.2. The highest BCUT2D eigenvalue weighted by Crippen LogP contribution is 2.39. The SMILES string of the molecule is C=C1CCC(c2nn(C)c3c(N4CCN(C(=O)CCCC5CCC(Oc6cccc(-c7ccc(N8CCc9cccc(C(=O)Nc%10nc%11c(s%10)CCC=C%11)c9C8)nc7C(=O)O)c6C)CC5)CC4)cccc23)C(=O)N1. The summed E-state index contributed by atoms with van der Waals surface area (Å²) in [6, 6.07) is 21.6. The third-order valence-corrected chi connectivity index (χ3v) is 16.9. The lowest BCUT2D eigenvalue weighted by Gasteiger charge is -2.36. The van der Waals surface area contributed by atoms with Crippen molar-refractivity contribution in [2.24, 2.45) is 13.0 Å². The van der Waals surface area contributed by atoms with Crippen LogP contribution in [-0.4, -0.2) is 92.3 Å². The maximum Gasteiger partial charge on any atom is 0.355 e. The Balaban J connectivity index is 0.663. The fraction of sp³-hybridized carbons (Fsp3) is 0.397. The number of amides is 3. The van der Waals surface area contributed by atoms with Crippen molar-refractivity contribution in [2.45, 2.75) is 103 Å². The van der Waals surface area contributed by atoms with Crippen molar-refractivity contribution in [3.8, 4) is 16.9 Å². The lowest BCUT2D eigenvalue weighted by Crippen LogP contribution is -2.48. The highest BCUT2D eigenvalue weighted by atomic mass is 32.1. The van der Waals surface area contributed by atoms with Crippen LogP contribution >= 0.6 is 11.3 Å². The number of aryl methyl sites for hydroxylation is 2. The molecule has 3 fully saturated rings. The van der Waals surface area contributed by atoms with Gasteiger partial charge in [-0.1, -0.05) is 49.1 Å². The number of fused-ring (bicyclic) bond motifs is 3. The van der Waals surface area contributed by atoms with Crippen LogP contribution in [0.15, 0.2) is 85.1 Å². The third-order valence-electron chi connectivity index (χ3n) is 15.9. The van der Waals surface area contributed by atoms with E-state index in [1.165, 1.54) is 16.2 Å². The lowest BCUT2D eigenvalue weighted by molar-refractivity contribution is -0.131. The summed E-state index contributed by atoms with van der Waals surface area (Å²) in [5.74, 6) is 0.376. The minimum Gasteiger partial charge on any atom is -0.490 e. The summed E-state index contributed by atoms with van der Waals surface area (Å²) in [5, 5.41) is 22.9. The standard InChI is InChI=1S/C58H63N9O6S/c1-35-20-25-44(56(70)59-35)52-43-14-8-16-47(54(43)64(3)63-52)65-30-32-66(33-31-65)51(68)19-6-10-37-21-23-39(24-22-37)73-48-17-9-12-40(36(48)2)41-26-27-50(61-53(41)57(71)72)67-29-28-38-11-7-13-42(45(38)34-67)55(69)62-58-60-46-15-4-5-18-49(46)74-58/h4,7-9,11-17,26-27,37,39,44H,1,5-6,10,18-25,28-34H2,2-3H3,(H,59,70)(H,71,72)(H,60,62,69). The van der Waals surface area contributed by atoms with Crippen LogP contribution in [0, 0.1) is 12.8 Å². The van der Waals surface area contributed by atoms with Crippen molar-refractivity contribution in [2.75, 3.05) is 47.8 Å². The van der Waals surface area contributed by atoms with Crippen LogP contribution in [0.2, 0.25) is 0 Å². The maximum atomic E-state index is 13.7.